The molecule has 0 aromatic rings. The summed E-state index contributed by atoms with van der Waals surface area (Å²) in [6.45, 7) is 7.03. The van der Waals surface area contributed by atoms with Crippen molar-refractivity contribution in [2.45, 2.75) is 181 Å². The molecule has 0 aromatic carbocycles. The molecule has 0 heterocycles. The number of unbranched alkanes of at least 4 members (excludes halogenated alkanes) is 23. The SMILES string of the molecule is CCCCCCCCCCCCCCCCCCCCCCCCCCOC(=O)CC(C)C. The summed E-state index contributed by atoms with van der Waals surface area (Å²) >= 11 is 0. The maximum absolute atomic E-state index is 11.5. The Morgan fingerprint density at radius 3 is 1.03 bits per heavy atom. The molecule has 0 N–H and O–H groups in total. The minimum Gasteiger partial charge on any atom is -0.466 e. The highest BCUT2D eigenvalue weighted by Crippen LogP contribution is 2.15. The van der Waals surface area contributed by atoms with Gasteiger partial charge in [-0.05, 0) is 12.3 Å². The highest BCUT2D eigenvalue weighted by atomic mass is 16.5. The highest BCUT2D eigenvalue weighted by molar-refractivity contribution is 5.69. The molecule has 0 aliphatic rings. The topological polar surface area (TPSA) is 26.3 Å². The molecule has 0 aromatic heterocycles. The summed E-state index contributed by atoms with van der Waals surface area (Å²) in [5.41, 5.74) is 0. The van der Waals surface area contributed by atoms with Gasteiger partial charge in [-0.2, -0.15) is 0 Å². The summed E-state index contributed by atoms with van der Waals surface area (Å²) in [5, 5.41) is 0. The predicted molar refractivity (Wildman–Crippen MR) is 147 cm³/mol. The molecule has 33 heavy (non-hydrogen) atoms. The molecule has 0 atom stereocenters. The van der Waals surface area contributed by atoms with E-state index in [1.807, 2.05) is 0 Å². The number of hydrogen-bond donors (Lipinski definition) is 0. The molecular weight excluding hydrogens is 404 g/mol. The van der Waals surface area contributed by atoms with Crippen LogP contribution in [0.3, 0.4) is 0 Å². The predicted octanol–water partition coefficient (Wildman–Crippen LogP) is 11.0. The van der Waals surface area contributed by atoms with Crippen LogP contribution in [0.25, 0.3) is 0 Å². The fourth-order valence-corrected chi connectivity index (χ4v) is 4.64. The maximum Gasteiger partial charge on any atom is 0.306 e. The van der Waals surface area contributed by atoms with Gasteiger partial charge in [0.05, 0.1) is 6.61 Å². The van der Waals surface area contributed by atoms with E-state index in [4.69, 9.17) is 4.74 Å². The van der Waals surface area contributed by atoms with Crippen molar-refractivity contribution in [1.29, 1.82) is 0 Å². The van der Waals surface area contributed by atoms with Crippen molar-refractivity contribution < 1.29 is 9.53 Å². The molecule has 0 bridgehead atoms. The van der Waals surface area contributed by atoms with Gasteiger partial charge in [0, 0.05) is 6.42 Å². The third-order valence-corrected chi connectivity index (χ3v) is 6.84. The van der Waals surface area contributed by atoms with Gasteiger partial charge in [-0.25, -0.2) is 0 Å². The van der Waals surface area contributed by atoms with Crippen LogP contribution >= 0.6 is 0 Å². The summed E-state index contributed by atoms with van der Waals surface area (Å²) < 4.78 is 5.26. The molecule has 0 aliphatic carbocycles. The van der Waals surface area contributed by atoms with Crippen LogP contribution in [0.5, 0.6) is 0 Å². The molecule has 0 saturated carbocycles. The van der Waals surface area contributed by atoms with Crippen molar-refractivity contribution >= 4 is 5.97 Å². The Labute approximate surface area is 209 Å². The lowest BCUT2D eigenvalue weighted by Crippen LogP contribution is -2.08. The zero-order valence-corrected chi connectivity index (χ0v) is 23.3. The maximum atomic E-state index is 11.5. The van der Waals surface area contributed by atoms with Crippen molar-refractivity contribution in [1.82, 2.24) is 0 Å². The van der Waals surface area contributed by atoms with E-state index in [0.717, 1.165) is 6.42 Å². The standard InChI is InChI=1S/C31H62O2/c1-4-5-6-7-8-9-10-11-12-13-14-15-16-17-18-19-20-21-22-23-24-25-26-27-28-33-31(32)29-30(2)3/h30H,4-29H2,1-3H3. The van der Waals surface area contributed by atoms with Crippen LogP contribution in [-0.4, -0.2) is 12.6 Å². The first-order valence-electron chi connectivity index (χ1n) is 15.3. The third kappa shape index (κ3) is 29.4. The van der Waals surface area contributed by atoms with Gasteiger partial charge in [-0.15, -0.1) is 0 Å². The van der Waals surface area contributed by atoms with E-state index in [0.29, 0.717) is 18.9 Å². The smallest absolute Gasteiger partial charge is 0.306 e. The Bertz CT molecular complexity index is 377. The van der Waals surface area contributed by atoms with E-state index in [1.165, 1.54) is 148 Å². The Morgan fingerprint density at radius 2 is 0.758 bits per heavy atom. The average Bonchev–Trinajstić information content (AvgIpc) is 2.78. The number of hydrogen-bond acceptors (Lipinski definition) is 2. The fourth-order valence-electron chi connectivity index (χ4n) is 4.64. The lowest BCUT2D eigenvalue weighted by Gasteiger charge is -2.06. The summed E-state index contributed by atoms with van der Waals surface area (Å²) in [7, 11) is 0. The second-order valence-electron chi connectivity index (χ2n) is 11.0. The van der Waals surface area contributed by atoms with E-state index >= 15 is 0 Å². The van der Waals surface area contributed by atoms with Crippen LogP contribution in [-0.2, 0) is 9.53 Å². The average molecular weight is 467 g/mol. The van der Waals surface area contributed by atoms with Crippen molar-refractivity contribution in [3.8, 4) is 0 Å². The zero-order valence-electron chi connectivity index (χ0n) is 23.3. The van der Waals surface area contributed by atoms with Gasteiger partial charge in [-0.3, -0.25) is 4.79 Å². The third-order valence-electron chi connectivity index (χ3n) is 6.84. The van der Waals surface area contributed by atoms with Crippen LogP contribution in [0, 0.1) is 5.92 Å². The fraction of sp³-hybridized carbons (Fsp3) is 0.968. The molecular formula is C31H62O2. The highest BCUT2D eigenvalue weighted by Gasteiger charge is 2.05. The minimum absolute atomic E-state index is 0.0286. The van der Waals surface area contributed by atoms with Gasteiger partial charge < -0.3 is 4.74 Å². The van der Waals surface area contributed by atoms with Gasteiger partial charge in [0.15, 0.2) is 0 Å². The number of ether oxygens (including phenoxy) is 1. The van der Waals surface area contributed by atoms with E-state index in [9.17, 15) is 4.79 Å². The quantitative estimate of drug-likeness (QED) is 0.0888. The number of carbonyl (C=O) groups excluding carboxylic acids is 1. The molecule has 0 saturated heterocycles. The Balaban J connectivity index is 3.06. The lowest BCUT2D eigenvalue weighted by molar-refractivity contribution is -0.144. The number of carbonyl (C=O) groups is 1. The van der Waals surface area contributed by atoms with Crippen LogP contribution in [0.15, 0.2) is 0 Å². The monoisotopic (exact) mass is 466 g/mol. The second kappa shape index (κ2) is 27.7. The zero-order chi connectivity index (χ0) is 24.2. The largest absolute Gasteiger partial charge is 0.466 e. The molecule has 0 fully saturated rings. The van der Waals surface area contributed by atoms with Crippen molar-refractivity contribution in [3.63, 3.8) is 0 Å². The first-order chi connectivity index (χ1) is 16.2. The van der Waals surface area contributed by atoms with Crippen molar-refractivity contribution in [2.75, 3.05) is 6.61 Å². The van der Waals surface area contributed by atoms with Gasteiger partial charge in [0.2, 0.25) is 0 Å². The summed E-state index contributed by atoms with van der Waals surface area (Å²) in [4.78, 5) is 11.5. The Kier molecular flexibility index (Phi) is 27.3. The summed E-state index contributed by atoms with van der Waals surface area (Å²) in [6.07, 6.45) is 34.4. The number of esters is 1. The van der Waals surface area contributed by atoms with Crippen LogP contribution in [0.4, 0.5) is 0 Å². The van der Waals surface area contributed by atoms with Crippen molar-refractivity contribution in [2.24, 2.45) is 5.92 Å². The molecule has 0 spiro atoms. The summed E-state index contributed by atoms with van der Waals surface area (Å²) in [6, 6.07) is 0. The van der Waals surface area contributed by atoms with Gasteiger partial charge in [0.25, 0.3) is 0 Å². The molecule has 0 radical (unpaired) electrons. The normalized spacial score (nSPS) is 11.4. The Hall–Kier alpha value is -0.530. The minimum atomic E-state index is -0.0286. The van der Waals surface area contributed by atoms with E-state index in [2.05, 4.69) is 20.8 Å². The van der Waals surface area contributed by atoms with Crippen LogP contribution in [0.2, 0.25) is 0 Å². The molecule has 0 unspecified atom stereocenters. The van der Waals surface area contributed by atoms with E-state index < -0.39 is 0 Å². The van der Waals surface area contributed by atoms with E-state index in [1.54, 1.807) is 0 Å². The van der Waals surface area contributed by atoms with Crippen LogP contribution in [0.1, 0.15) is 181 Å². The molecule has 2 nitrogen and oxygen atoms in total. The van der Waals surface area contributed by atoms with Gasteiger partial charge in [-0.1, -0.05) is 168 Å². The molecule has 0 aliphatic heterocycles. The van der Waals surface area contributed by atoms with Crippen molar-refractivity contribution in [3.05, 3.63) is 0 Å². The van der Waals surface area contributed by atoms with Crippen LogP contribution < -0.4 is 0 Å². The second-order valence-corrected chi connectivity index (χ2v) is 11.0. The lowest BCUT2D eigenvalue weighted by atomic mass is 10.0. The molecule has 2 heteroatoms. The Morgan fingerprint density at radius 1 is 0.485 bits per heavy atom. The molecule has 198 valence electrons. The van der Waals surface area contributed by atoms with Gasteiger partial charge >= 0.3 is 5.97 Å². The molecule has 0 amide bonds. The summed E-state index contributed by atoms with van der Waals surface area (Å²) in [5.74, 6) is 0.371. The number of rotatable bonds is 27. The first-order valence-corrected chi connectivity index (χ1v) is 15.3. The molecule has 0 rings (SSSR count). The first kappa shape index (κ1) is 32.5. The van der Waals surface area contributed by atoms with E-state index in [-0.39, 0.29) is 5.97 Å². The van der Waals surface area contributed by atoms with Gasteiger partial charge in [0.1, 0.15) is 0 Å².